The number of hydrogen-bond acceptors (Lipinski definition) is 6. The minimum atomic E-state index is -4.62. The maximum Gasteiger partial charge on any atom is 0.268 e. The molecule has 69 heavy (non-hydrogen) atoms. The zero-order valence-electron chi connectivity index (χ0n) is 45.5. The zero-order chi connectivity index (χ0) is 50.6. The molecule has 0 heterocycles. The van der Waals surface area contributed by atoms with Gasteiger partial charge in [0.25, 0.3) is 7.82 Å². The summed E-state index contributed by atoms with van der Waals surface area (Å²) in [6.07, 6.45) is 71.0. The van der Waals surface area contributed by atoms with E-state index in [0.29, 0.717) is 17.4 Å². The molecule has 2 N–H and O–H groups in total. The van der Waals surface area contributed by atoms with Crippen molar-refractivity contribution in [3.05, 3.63) is 85.1 Å². The Kier molecular flexibility index (Phi) is 48.9. The van der Waals surface area contributed by atoms with E-state index in [0.717, 1.165) is 89.9 Å². The number of carbonyl (C=O) groups excluding carboxylic acids is 1. The Bertz CT molecular complexity index is 1400. The van der Waals surface area contributed by atoms with E-state index in [2.05, 4.69) is 92.1 Å². The van der Waals surface area contributed by atoms with Crippen LogP contribution in [0.2, 0.25) is 0 Å². The van der Waals surface area contributed by atoms with Crippen LogP contribution in [-0.2, 0) is 18.4 Å². The molecule has 400 valence electrons. The number of phosphoric ester groups is 1. The Morgan fingerprint density at radius 1 is 0.522 bits per heavy atom. The first-order chi connectivity index (χ1) is 33.5. The number of quaternary nitrogens is 1. The zero-order valence-corrected chi connectivity index (χ0v) is 46.4. The number of hydrogen-bond donors (Lipinski definition) is 2. The summed E-state index contributed by atoms with van der Waals surface area (Å²) in [6, 6.07) is -0.923. The van der Waals surface area contributed by atoms with Crippen molar-refractivity contribution >= 4 is 13.7 Å². The molecule has 8 nitrogen and oxygen atoms in total. The van der Waals surface area contributed by atoms with Gasteiger partial charge in [0.1, 0.15) is 13.2 Å². The number of unbranched alkanes of at least 4 members (excludes halogenated alkanes) is 26. The predicted octanol–water partition coefficient (Wildman–Crippen LogP) is 16.6. The summed E-state index contributed by atoms with van der Waals surface area (Å²) in [7, 11) is 1.21. The van der Waals surface area contributed by atoms with Gasteiger partial charge in [-0.1, -0.05) is 234 Å². The molecular weight excluding hydrogens is 876 g/mol. The van der Waals surface area contributed by atoms with Crippen LogP contribution in [0.1, 0.15) is 239 Å². The van der Waals surface area contributed by atoms with Crippen molar-refractivity contribution in [1.29, 1.82) is 0 Å². The van der Waals surface area contributed by atoms with Crippen LogP contribution in [0.3, 0.4) is 0 Å². The fourth-order valence-electron chi connectivity index (χ4n) is 7.88. The van der Waals surface area contributed by atoms with Crippen LogP contribution in [0.5, 0.6) is 0 Å². The first-order valence-electron chi connectivity index (χ1n) is 28.4. The lowest BCUT2D eigenvalue weighted by Gasteiger charge is -2.29. The van der Waals surface area contributed by atoms with Gasteiger partial charge in [-0.25, -0.2) is 0 Å². The highest BCUT2D eigenvalue weighted by molar-refractivity contribution is 7.45. The number of nitrogens with one attached hydrogen (secondary N) is 1. The number of nitrogens with zero attached hydrogens (tertiary/aromatic N) is 1. The third kappa shape index (κ3) is 53.3. The summed E-state index contributed by atoms with van der Waals surface area (Å²) >= 11 is 0. The first kappa shape index (κ1) is 66.7. The van der Waals surface area contributed by atoms with E-state index in [1.165, 1.54) is 128 Å². The van der Waals surface area contributed by atoms with Gasteiger partial charge in [0.2, 0.25) is 5.91 Å². The van der Waals surface area contributed by atoms with Gasteiger partial charge in [0, 0.05) is 6.42 Å². The van der Waals surface area contributed by atoms with Crippen molar-refractivity contribution in [2.75, 3.05) is 40.9 Å². The van der Waals surface area contributed by atoms with Crippen molar-refractivity contribution < 1.29 is 32.9 Å². The van der Waals surface area contributed by atoms with Gasteiger partial charge in [-0.15, -0.1) is 0 Å². The van der Waals surface area contributed by atoms with Crippen molar-refractivity contribution in [2.24, 2.45) is 0 Å². The maximum atomic E-state index is 12.9. The standard InChI is InChI=1S/C60H109N2O6P/c1-6-8-10-12-14-16-18-20-22-24-26-27-28-29-30-31-32-33-34-36-37-39-41-43-45-47-49-51-53-59(63)58(57-68-69(65,66)67-56-55-62(3,4)5)61-60(64)54-52-50-48-46-44-42-40-38-35-25-23-21-19-17-15-13-11-9-7-2/h9,11,15,17,21,23,35-38,43,45,51,53,58-59,63H,6-8,10,12-14,16,18-20,22,24-34,39-42,44,46-50,52,54-57H2,1-5H3,(H-,61,64,65,66)/b11-9-,17-15-,23-21-,37-36+,38-35-,45-43+,53-51+. The van der Waals surface area contributed by atoms with Crippen LogP contribution in [0.25, 0.3) is 0 Å². The number of aliphatic hydroxyl groups excluding tert-OH is 1. The number of carbonyl (C=O) groups is 1. The molecule has 0 saturated heterocycles. The van der Waals surface area contributed by atoms with Gasteiger partial charge in [-0.3, -0.25) is 9.36 Å². The van der Waals surface area contributed by atoms with E-state index in [9.17, 15) is 19.4 Å². The molecule has 0 aromatic carbocycles. The van der Waals surface area contributed by atoms with Crippen LogP contribution in [0.15, 0.2) is 85.1 Å². The van der Waals surface area contributed by atoms with E-state index >= 15 is 0 Å². The van der Waals surface area contributed by atoms with Gasteiger partial charge < -0.3 is 28.8 Å². The second-order valence-corrected chi connectivity index (χ2v) is 21.7. The molecule has 0 aliphatic carbocycles. The monoisotopic (exact) mass is 985 g/mol. The van der Waals surface area contributed by atoms with Crippen LogP contribution in [0.4, 0.5) is 0 Å². The minimum absolute atomic E-state index is 0.0162. The number of amides is 1. The second-order valence-electron chi connectivity index (χ2n) is 20.2. The van der Waals surface area contributed by atoms with Gasteiger partial charge in [-0.05, 0) is 83.5 Å². The highest BCUT2D eigenvalue weighted by Crippen LogP contribution is 2.38. The van der Waals surface area contributed by atoms with Crippen molar-refractivity contribution in [2.45, 2.75) is 251 Å². The SMILES string of the molecule is CC/C=C\C/C=C\C/C=C\C/C=C\CCCCCCCCC(=O)NC(COP(=O)([O-])OCC[N+](C)(C)C)C(O)/C=C/CC/C=C/CC/C=C/CCCCCCCCCCCCCCCCCCCC. The summed E-state index contributed by atoms with van der Waals surface area (Å²) in [5.41, 5.74) is 0. The third-order valence-electron chi connectivity index (χ3n) is 12.3. The van der Waals surface area contributed by atoms with Gasteiger partial charge in [0.15, 0.2) is 0 Å². The summed E-state index contributed by atoms with van der Waals surface area (Å²) in [6.45, 7) is 4.50. The fraction of sp³-hybridized carbons (Fsp3) is 0.750. The van der Waals surface area contributed by atoms with Crippen LogP contribution in [0, 0.1) is 0 Å². The highest BCUT2D eigenvalue weighted by Gasteiger charge is 2.23. The van der Waals surface area contributed by atoms with E-state index in [1.807, 2.05) is 27.2 Å². The molecule has 0 bridgehead atoms. The molecule has 1 amide bonds. The minimum Gasteiger partial charge on any atom is -0.756 e. The van der Waals surface area contributed by atoms with Crippen molar-refractivity contribution in [1.82, 2.24) is 5.32 Å². The lowest BCUT2D eigenvalue weighted by atomic mass is 10.0. The number of aliphatic hydroxyl groups is 1. The molecule has 3 unspecified atom stereocenters. The number of allylic oxidation sites excluding steroid dienone is 13. The van der Waals surface area contributed by atoms with E-state index in [4.69, 9.17) is 9.05 Å². The summed E-state index contributed by atoms with van der Waals surface area (Å²) in [5, 5.41) is 13.8. The summed E-state index contributed by atoms with van der Waals surface area (Å²) < 4.78 is 23.3. The molecule has 0 rings (SSSR count). The maximum absolute atomic E-state index is 12.9. The molecule has 0 aliphatic rings. The van der Waals surface area contributed by atoms with E-state index in [1.54, 1.807) is 6.08 Å². The van der Waals surface area contributed by atoms with E-state index < -0.39 is 26.6 Å². The van der Waals surface area contributed by atoms with Crippen molar-refractivity contribution in [3.8, 4) is 0 Å². The van der Waals surface area contributed by atoms with Crippen LogP contribution in [-0.4, -0.2) is 68.5 Å². The smallest absolute Gasteiger partial charge is 0.268 e. The molecule has 3 atom stereocenters. The molecule has 0 aliphatic heterocycles. The van der Waals surface area contributed by atoms with Gasteiger partial charge >= 0.3 is 0 Å². The average Bonchev–Trinajstić information content (AvgIpc) is 3.31. The van der Waals surface area contributed by atoms with Gasteiger partial charge in [0.05, 0.1) is 39.9 Å². The summed E-state index contributed by atoms with van der Waals surface area (Å²) in [4.78, 5) is 25.5. The number of likely N-dealkylation sites (N-methyl/N-ethyl adjacent to an activating group) is 1. The van der Waals surface area contributed by atoms with Gasteiger partial charge in [-0.2, -0.15) is 0 Å². The Morgan fingerprint density at radius 2 is 0.899 bits per heavy atom. The normalized spacial score (nSPS) is 14.6. The lowest BCUT2D eigenvalue weighted by molar-refractivity contribution is -0.870. The Balaban J connectivity index is 4.31. The lowest BCUT2D eigenvalue weighted by Crippen LogP contribution is -2.45. The Morgan fingerprint density at radius 3 is 1.35 bits per heavy atom. The average molecular weight is 986 g/mol. The first-order valence-corrected chi connectivity index (χ1v) is 29.9. The fourth-order valence-corrected chi connectivity index (χ4v) is 8.61. The Hall–Kier alpha value is -2.32. The van der Waals surface area contributed by atoms with Crippen LogP contribution >= 0.6 is 7.82 Å². The van der Waals surface area contributed by atoms with Crippen molar-refractivity contribution in [3.63, 3.8) is 0 Å². The predicted molar refractivity (Wildman–Crippen MR) is 297 cm³/mol. The van der Waals surface area contributed by atoms with Crippen LogP contribution < -0.4 is 10.2 Å². The molecule has 0 aromatic rings. The third-order valence-corrected chi connectivity index (χ3v) is 13.3. The summed E-state index contributed by atoms with van der Waals surface area (Å²) in [5.74, 6) is -0.227. The molecule has 0 saturated carbocycles. The second kappa shape index (κ2) is 50.6. The highest BCUT2D eigenvalue weighted by atomic mass is 31.2. The van der Waals surface area contributed by atoms with E-state index in [-0.39, 0.29) is 12.5 Å². The topological polar surface area (TPSA) is 108 Å². The molecule has 9 heteroatoms. The molecule has 0 aromatic heterocycles. The Labute approximate surface area is 426 Å². The largest absolute Gasteiger partial charge is 0.756 e. The molecular formula is C60H109N2O6P. The number of phosphoric acid groups is 1. The molecule has 0 fully saturated rings. The number of rotatable bonds is 51. The quantitative estimate of drug-likeness (QED) is 0.0272. The molecule has 0 spiro atoms. The molecule has 0 radical (unpaired) electrons.